The number of hydrogen-bond acceptors (Lipinski definition) is 5. The van der Waals surface area contributed by atoms with Crippen LogP contribution in [0.15, 0.2) is 41.3 Å². The van der Waals surface area contributed by atoms with E-state index in [1.165, 1.54) is 24.3 Å². The molecule has 1 N–H and O–H groups in total. The van der Waals surface area contributed by atoms with Crippen LogP contribution in [0.2, 0.25) is 0 Å². The maximum Gasteiger partial charge on any atom is 0.178 e. The van der Waals surface area contributed by atoms with Gasteiger partial charge in [-0.3, -0.25) is 4.79 Å². The number of ketones is 1. The Morgan fingerprint density at radius 1 is 1.16 bits per heavy atom. The standard InChI is InChI=1S/C24H24F2N2O3S/c1-32(30,31)23-12-16(5-7-20(23)25)15-2-3-17(21(26)11-15)8-14(13-27)9-22(29)24-18-4-6-19(10-18)28-24/h2-3,5,7,11-12,14,18-19,24,28H,4,6,8-10H2,1H3/t14-,18+,19-,24+/m1/s1. The predicted octanol–water partition coefficient (Wildman–Crippen LogP) is 3.82. The quantitative estimate of drug-likeness (QED) is 0.682. The van der Waals surface area contributed by atoms with E-state index < -0.39 is 32.3 Å². The van der Waals surface area contributed by atoms with Crippen molar-refractivity contribution < 1.29 is 22.0 Å². The van der Waals surface area contributed by atoms with Gasteiger partial charge in [0.15, 0.2) is 15.6 Å². The fourth-order valence-electron chi connectivity index (χ4n) is 4.87. The van der Waals surface area contributed by atoms with Crippen LogP contribution in [0.3, 0.4) is 0 Å². The van der Waals surface area contributed by atoms with Crippen LogP contribution >= 0.6 is 0 Å². The molecule has 32 heavy (non-hydrogen) atoms. The number of nitriles is 1. The number of halogens is 2. The van der Waals surface area contributed by atoms with Gasteiger partial charge in [0.05, 0.1) is 18.0 Å². The molecular weight excluding hydrogens is 434 g/mol. The van der Waals surface area contributed by atoms with Gasteiger partial charge >= 0.3 is 0 Å². The van der Waals surface area contributed by atoms with Gasteiger partial charge < -0.3 is 5.32 Å². The number of rotatable bonds is 7. The molecule has 8 heteroatoms. The number of carbonyl (C=O) groups is 1. The van der Waals surface area contributed by atoms with Crippen LogP contribution in [0.1, 0.15) is 31.2 Å². The van der Waals surface area contributed by atoms with E-state index in [9.17, 15) is 27.3 Å². The van der Waals surface area contributed by atoms with Gasteiger partial charge in [-0.15, -0.1) is 0 Å². The van der Waals surface area contributed by atoms with Crippen molar-refractivity contribution in [1.29, 1.82) is 5.26 Å². The monoisotopic (exact) mass is 458 g/mol. The molecule has 168 valence electrons. The first-order valence-electron chi connectivity index (χ1n) is 10.6. The van der Waals surface area contributed by atoms with Crippen molar-refractivity contribution in [2.45, 2.75) is 49.1 Å². The Bertz CT molecular complexity index is 1210. The van der Waals surface area contributed by atoms with Crippen molar-refractivity contribution in [2.75, 3.05) is 6.26 Å². The zero-order valence-corrected chi connectivity index (χ0v) is 18.5. The number of benzene rings is 2. The van der Waals surface area contributed by atoms with Crippen molar-refractivity contribution in [2.24, 2.45) is 11.8 Å². The fraction of sp³-hybridized carbons (Fsp3) is 0.417. The second-order valence-electron chi connectivity index (χ2n) is 8.84. The number of fused-ring (bicyclic) bond motifs is 2. The predicted molar refractivity (Wildman–Crippen MR) is 115 cm³/mol. The van der Waals surface area contributed by atoms with Crippen LogP contribution in [0.5, 0.6) is 0 Å². The lowest BCUT2D eigenvalue weighted by Gasteiger charge is -2.22. The Morgan fingerprint density at radius 2 is 1.88 bits per heavy atom. The molecule has 0 unspecified atom stereocenters. The van der Waals surface area contributed by atoms with Gasteiger partial charge in [0.25, 0.3) is 0 Å². The molecule has 2 aliphatic rings. The second kappa shape index (κ2) is 8.72. The zero-order valence-electron chi connectivity index (χ0n) is 17.6. The smallest absolute Gasteiger partial charge is 0.178 e. The lowest BCUT2D eigenvalue weighted by Crippen LogP contribution is -2.42. The maximum absolute atomic E-state index is 14.8. The third-order valence-electron chi connectivity index (χ3n) is 6.52. The molecule has 0 aromatic heterocycles. The molecule has 4 atom stereocenters. The second-order valence-corrected chi connectivity index (χ2v) is 10.8. The van der Waals surface area contributed by atoms with Gasteiger partial charge in [0.2, 0.25) is 0 Å². The summed E-state index contributed by atoms with van der Waals surface area (Å²) in [6.07, 6.45) is 4.23. The van der Waals surface area contributed by atoms with Gasteiger partial charge in [-0.1, -0.05) is 18.2 Å². The van der Waals surface area contributed by atoms with E-state index in [-0.39, 0.29) is 24.7 Å². The molecule has 1 aliphatic heterocycles. The average Bonchev–Trinajstić information content (AvgIpc) is 3.38. The summed E-state index contributed by atoms with van der Waals surface area (Å²) in [6.45, 7) is 0. The van der Waals surface area contributed by atoms with E-state index in [2.05, 4.69) is 11.4 Å². The molecule has 2 fully saturated rings. The Kier molecular flexibility index (Phi) is 6.15. The van der Waals surface area contributed by atoms with E-state index in [0.717, 1.165) is 31.6 Å². The van der Waals surface area contributed by atoms with Crippen LogP contribution in [-0.2, 0) is 21.1 Å². The van der Waals surface area contributed by atoms with Gasteiger partial charge in [-0.25, -0.2) is 17.2 Å². The highest BCUT2D eigenvalue weighted by molar-refractivity contribution is 7.90. The van der Waals surface area contributed by atoms with E-state index in [1.54, 1.807) is 6.07 Å². The molecule has 4 rings (SSSR count). The number of hydrogen-bond donors (Lipinski definition) is 1. The third kappa shape index (κ3) is 4.59. The largest absolute Gasteiger partial charge is 0.304 e. The van der Waals surface area contributed by atoms with E-state index >= 15 is 0 Å². The molecule has 2 bridgehead atoms. The SMILES string of the molecule is CS(=O)(=O)c1cc(-c2ccc(C[C@@H](C#N)CC(=O)[C@H]3N[C@@H]4CC[C@H]3C4)c(F)c2)ccc1F. The molecule has 1 saturated heterocycles. The fourth-order valence-corrected chi connectivity index (χ4v) is 5.64. The number of piperidine rings is 1. The summed E-state index contributed by atoms with van der Waals surface area (Å²) in [5.41, 5.74) is 1.07. The van der Waals surface area contributed by atoms with Crippen molar-refractivity contribution in [3.8, 4) is 17.2 Å². The minimum atomic E-state index is -3.77. The molecule has 0 amide bonds. The van der Waals surface area contributed by atoms with Gasteiger partial charge in [0, 0.05) is 18.7 Å². The first kappa shape index (κ1) is 22.6. The summed E-state index contributed by atoms with van der Waals surface area (Å²) in [5, 5.41) is 12.9. The minimum Gasteiger partial charge on any atom is -0.304 e. The number of Topliss-reactive ketones (excluding diaryl/α,β-unsaturated/α-hetero) is 1. The summed E-state index contributed by atoms with van der Waals surface area (Å²) in [6, 6.07) is 10.3. The normalized spacial score (nSPS) is 23.1. The lowest BCUT2D eigenvalue weighted by molar-refractivity contribution is -0.122. The van der Waals surface area contributed by atoms with Crippen LogP contribution < -0.4 is 5.32 Å². The summed E-state index contributed by atoms with van der Waals surface area (Å²) in [7, 11) is -3.77. The van der Waals surface area contributed by atoms with E-state index in [4.69, 9.17) is 0 Å². The topological polar surface area (TPSA) is 87.0 Å². The highest BCUT2D eigenvalue weighted by atomic mass is 32.2. The highest BCUT2D eigenvalue weighted by Gasteiger charge is 2.42. The van der Waals surface area contributed by atoms with Crippen molar-refractivity contribution in [3.63, 3.8) is 0 Å². The number of nitrogens with one attached hydrogen (secondary N) is 1. The molecule has 1 saturated carbocycles. The lowest BCUT2D eigenvalue weighted by atomic mass is 9.88. The average molecular weight is 459 g/mol. The number of nitrogens with zero attached hydrogens (tertiary/aromatic N) is 1. The highest BCUT2D eigenvalue weighted by Crippen LogP contribution is 2.36. The minimum absolute atomic E-state index is 0.0143. The Balaban J connectivity index is 1.48. The van der Waals surface area contributed by atoms with Crippen LogP contribution in [-0.4, -0.2) is 32.5 Å². The summed E-state index contributed by atoms with van der Waals surface area (Å²) >= 11 is 0. The molecule has 0 radical (unpaired) electrons. The number of sulfone groups is 1. The molecule has 2 aromatic rings. The summed E-state index contributed by atoms with van der Waals surface area (Å²) in [4.78, 5) is 12.2. The summed E-state index contributed by atoms with van der Waals surface area (Å²) < 4.78 is 52.2. The summed E-state index contributed by atoms with van der Waals surface area (Å²) in [5.74, 6) is -1.69. The first-order valence-corrected chi connectivity index (χ1v) is 12.5. The zero-order chi connectivity index (χ0) is 23.0. The van der Waals surface area contributed by atoms with Crippen LogP contribution in [0.4, 0.5) is 8.78 Å². The Labute approximate surface area is 186 Å². The van der Waals surface area contributed by atoms with E-state index in [0.29, 0.717) is 28.7 Å². The maximum atomic E-state index is 14.8. The van der Waals surface area contributed by atoms with Crippen LogP contribution in [0, 0.1) is 34.8 Å². The third-order valence-corrected chi connectivity index (χ3v) is 7.63. The van der Waals surface area contributed by atoms with Gasteiger partial charge in [0.1, 0.15) is 16.5 Å². The molecular formula is C24H24F2N2O3S. The Morgan fingerprint density at radius 3 is 2.47 bits per heavy atom. The number of carbonyl (C=O) groups excluding carboxylic acids is 1. The Hall–Kier alpha value is -2.63. The van der Waals surface area contributed by atoms with Crippen molar-refractivity contribution in [3.05, 3.63) is 53.6 Å². The van der Waals surface area contributed by atoms with Gasteiger partial charge in [-0.2, -0.15) is 5.26 Å². The molecule has 5 nitrogen and oxygen atoms in total. The first-order chi connectivity index (χ1) is 15.2. The molecule has 1 aliphatic carbocycles. The van der Waals surface area contributed by atoms with E-state index in [1.807, 2.05) is 0 Å². The van der Waals surface area contributed by atoms with Gasteiger partial charge in [-0.05, 0) is 66.5 Å². The van der Waals surface area contributed by atoms with Crippen molar-refractivity contribution in [1.82, 2.24) is 5.32 Å². The molecule has 2 aromatic carbocycles. The van der Waals surface area contributed by atoms with Crippen molar-refractivity contribution >= 4 is 15.6 Å². The van der Waals surface area contributed by atoms with Crippen LogP contribution in [0.25, 0.3) is 11.1 Å². The molecule has 1 heterocycles. The molecule has 0 spiro atoms.